The topological polar surface area (TPSA) is 61.4 Å². The number of aromatic nitrogens is 2. The van der Waals surface area contributed by atoms with Crippen LogP contribution in [0.5, 0.6) is 0 Å². The summed E-state index contributed by atoms with van der Waals surface area (Å²) in [5.41, 5.74) is 2.11. The number of carbonyl (C=O) groups is 1. The Labute approximate surface area is 189 Å². The first-order valence-corrected chi connectivity index (χ1v) is 10.5. The van der Waals surface area contributed by atoms with E-state index < -0.39 is 0 Å². The van der Waals surface area contributed by atoms with Crippen LogP contribution in [0.15, 0.2) is 54.6 Å². The molecule has 3 aromatic rings. The van der Waals surface area contributed by atoms with Crippen molar-refractivity contribution < 1.29 is 4.79 Å². The number of nitrogens with zero attached hydrogens (tertiary/aromatic N) is 4. The highest BCUT2D eigenvalue weighted by Crippen LogP contribution is 2.27. The van der Waals surface area contributed by atoms with E-state index in [0.717, 1.165) is 17.1 Å². The second-order valence-corrected chi connectivity index (χ2v) is 8.04. The van der Waals surface area contributed by atoms with Crippen molar-refractivity contribution in [2.45, 2.75) is 0 Å². The number of anilines is 2. The van der Waals surface area contributed by atoms with Crippen molar-refractivity contribution in [2.75, 3.05) is 36.4 Å². The summed E-state index contributed by atoms with van der Waals surface area (Å²) in [4.78, 5) is 16.4. The zero-order chi connectivity index (χ0) is 21.1. The van der Waals surface area contributed by atoms with E-state index in [0.29, 0.717) is 46.9 Å². The Bertz CT molecular complexity index is 1050. The maximum atomic E-state index is 12.5. The second kappa shape index (κ2) is 9.08. The van der Waals surface area contributed by atoms with Gasteiger partial charge in [0, 0.05) is 36.8 Å². The van der Waals surface area contributed by atoms with E-state index in [-0.39, 0.29) is 6.03 Å². The Kier molecular flexibility index (Phi) is 6.27. The predicted molar refractivity (Wildman–Crippen MR) is 122 cm³/mol. The number of rotatable bonds is 3. The van der Waals surface area contributed by atoms with Gasteiger partial charge in [0.25, 0.3) is 0 Å². The van der Waals surface area contributed by atoms with Crippen LogP contribution in [0.3, 0.4) is 0 Å². The molecule has 30 heavy (non-hydrogen) atoms. The fourth-order valence-corrected chi connectivity index (χ4v) is 3.92. The highest BCUT2D eigenvalue weighted by atomic mass is 35.5. The van der Waals surface area contributed by atoms with Crippen LogP contribution in [0, 0.1) is 0 Å². The minimum absolute atomic E-state index is 0.195. The molecule has 2 heterocycles. The number of nitrogens with one attached hydrogen (secondary N) is 1. The van der Waals surface area contributed by atoms with Crippen molar-refractivity contribution in [3.05, 3.63) is 69.7 Å². The normalized spacial score (nSPS) is 14.0. The Balaban J connectivity index is 1.36. The van der Waals surface area contributed by atoms with Gasteiger partial charge in [-0.25, -0.2) is 4.79 Å². The summed E-state index contributed by atoms with van der Waals surface area (Å²) in [6.45, 7) is 2.43. The first kappa shape index (κ1) is 20.7. The summed E-state index contributed by atoms with van der Waals surface area (Å²) in [6.07, 6.45) is 0. The van der Waals surface area contributed by atoms with E-state index in [9.17, 15) is 4.79 Å². The van der Waals surface area contributed by atoms with Gasteiger partial charge in [-0.15, -0.1) is 10.2 Å². The Morgan fingerprint density at radius 3 is 2.30 bits per heavy atom. The Hall–Kier alpha value is -2.54. The molecule has 0 saturated carbocycles. The van der Waals surface area contributed by atoms with Crippen molar-refractivity contribution in [1.29, 1.82) is 0 Å². The van der Waals surface area contributed by atoms with Crippen molar-refractivity contribution >= 4 is 52.3 Å². The van der Waals surface area contributed by atoms with E-state index in [4.69, 9.17) is 34.8 Å². The highest BCUT2D eigenvalue weighted by Gasteiger charge is 2.23. The lowest BCUT2D eigenvalue weighted by molar-refractivity contribution is 0.208. The van der Waals surface area contributed by atoms with Crippen LogP contribution in [0.2, 0.25) is 15.1 Å². The molecule has 1 aromatic heterocycles. The molecule has 2 aromatic carbocycles. The molecule has 1 fully saturated rings. The Morgan fingerprint density at radius 1 is 0.867 bits per heavy atom. The number of piperazine rings is 1. The number of hydrogen-bond acceptors (Lipinski definition) is 4. The SMILES string of the molecule is O=C(Nc1ccc(Cl)cc1Cl)N1CCN(c2ccc(-c3ccccc3Cl)nn2)CC1. The molecule has 154 valence electrons. The average molecular weight is 463 g/mol. The second-order valence-electron chi connectivity index (χ2n) is 6.79. The number of amides is 2. The predicted octanol–water partition coefficient (Wildman–Crippen LogP) is 5.46. The van der Waals surface area contributed by atoms with Gasteiger partial charge in [0.1, 0.15) is 0 Å². The number of halogens is 3. The van der Waals surface area contributed by atoms with Crippen LogP contribution < -0.4 is 10.2 Å². The van der Waals surface area contributed by atoms with Gasteiger partial charge in [0.2, 0.25) is 0 Å². The molecule has 0 unspecified atom stereocenters. The van der Waals surface area contributed by atoms with Crippen LogP contribution in [-0.2, 0) is 0 Å². The lowest BCUT2D eigenvalue weighted by atomic mass is 10.1. The van der Waals surface area contributed by atoms with Crippen molar-refractivity contribution in [1.82, 2.24) is 15.1 Å². The standard InChI is InChI=1S/C21H18Cl3N5O/c22-14-5-6-19(17(24)13-14)25-21(30)29-11-9-28(10-12-29)20-8-7-18(26-27-20)15-3-1-2-4-16(15)23/h1-8,13H,9-12H2,(H,25,30). The van der Waals surface area contributed by atoms with Crippen LogP contribution in [0.4, 0.5) is 16.3 Å². The quantitative estimate of drug-likeness (QED) is 0.561. The molecule has 2 amide bonds. The van der Waals surface area contributed by atoms with Gasteiger partial charge in [-0.3, -0.25) is 0 Å². The van der Waals surface area contributed by atoms with Crippen LogP contribution in [0.1, 0.15) is 0 Å². The van der Waals surface area contributed by atoms with Crippen LogP contribution >= 0.6 is 34.8 Å². The largest absolute Gasteiger partial charge is 0.352 e. The molecule has 1 aliphatic heterocycles. The van der Waals surface area contributed by atoms with Crippen LogP contribution in [-0.4, -0.2) is 47.3 Å². The maximum Gasteiger partial charge on any atom is 0.322 e. The fourth-order valence-electron chi connectivity index (χ4n) is 3.23. The van der Waals surface area contributed by atoms with Gasteiger partial charge in [-0.2, -0.15) is 0 Å². The fraction of sp³-hybridized carbons (Fsp3) is 0.190. The van der Waals surface area contributed by atoms with Gasteiger partial charge < -0.3 is 15.1 Å². The number of benzene rings is 2. The summed E-state index contributed by atoms with van der Waals surface area (Å²) in [7, 11) is 0. The first-order chi connectivity index (χ1) is 14.5. The number of hydrogen-bond donors (Lipinski definition) is 1. The van der Waals surface area contributed by atoms with Gasteiger partial charge in [-0.1, -0.05) is 53.0 Å². The summed E-state index contributed by atoms with van der Waals surface area (Å²) < 4.78 is 0. The summed E-state index contributed by atoms with van der Waals surface area (Å²) in [5, 5.41) is 13.1. The molecule has 0 spiro atoms. The minimum atomic E-state index is -0.195. The van der Waals surface area contributed by atoms with E-state index in [1.807, 2.05) is 36.4 Å². The van der Waals surface area contributed by atoms with E-state index in [1.165, 1.54) is 0 Å². The van der Waals surface area contributed by atoms with Gasteiger partial charge in [0.15, 0.2) is 5.82 Å². The molecule has 1 aliphatic rings. The third kappa shape index (κ3) is 4.61. The van der Waals surface area contributed by atoms with Crippen molar-refractivity contribution in [2.24, 2.45) is 0 Å². The minimum Gasteiger partial charge on any atom is -0.352 e. The third-order valence-electron chi connectivity index (χ3n) is 4.86. The van der Waals surface area contributed by atoms with Gasteiger partial charge >= 0.3 is 6.03 Å². The lowest BCUT2D eigenvalue weighted by Crippen LogP contribution is -2.50. The molecule has 1 saturated heterocycles. The molecule has 4 rings (SSSR count). The molecule has 0 bridgehead atoms. The van der Waals surface area contributed by atoms with E-state index >= 15 is 0 Å². The molecule has 0 aliphatic carbocycles. The smallest absolute Gasteiger partial charge is 0.322 e. The average Bonchev–Trinajstić information content (AvgIpc) is 2.76. The van der Waals surface area contributed by atoms with Crippen LogP contribution in [0.25, 0.3) is 11.3 Å². The van der Waals surface area contributed by atoms with E-state index in [1.54, 1.807) is 23.1 Å². The van der Waals surface area contributed by atoms with Crippen molar-refractivity contribution in [3.8, 4) is 11.3 Å². The van der Waals surface area contributed by atoms with Gasteiger partial charge in [0.05, 0.1) is 21.4 Å². The Morgan fingerprint density at radius 2 is 1.63 bits per heavy atom. The zero-order valence-electron chi connectivity index (χ0n) is 15.9. The molecule has 0 atom stereocenters. The molecular formula is C21H18Cl3N5O. The van der Waals surface area contributed by atoms with Crippen molar-refractivity contribution in [3.63, 3.8) is 0 Å². The maximum absolute atomic E-state index is 12.5. The zero-order valence-corrected chi connectivity index (χ0v) is 18.1. The molecule has 9 heteroatoms. The summed E-state index contributed by atoms with van der Waals surface area (Å²) in [5.74, 6) is 0.770. The highest BCUT2D eigenvalue weighted by molar-refractivity contribution is 6.36. The third-order valence-corrected chi connectivity index (χ3v) is 5.74. The first-order valence-electron chi connectivity index (χ1n) is 9.36. The lowest BCUT2D eigenvalue weighted by Gasteiger charge is -2.35. The summed E-state index contributed by atoms with van der Waals surface area (Å²) >= 11 is 18.3. The molecule has 6 nitrogen and oxygen atoms in total. The molecule has 1 N–H and O–H groups in total. The van der Waals surface area contributed by atoms with Gasteiger partial charge in [-0.05, 0) is 36.4 Å². The molecular weight excluding hydrogens is 445 g/mol. The summed E-state index contributed by atoms with van der Waals surface area (Å²) in [6, 6.07) is 16.1. The molecule has 0 radical (unpaired) electrons. The van der Waals surface area contributed by atoms with E-state index in [2.05, 4.69) is 20.4 Å². The number of urea groups is 1. The monoisotopic (exact) mass is 461 g/mol. The number of carbonyl (C=O) groups excluding carboxylic acids is 1.